The van der Waals surface area contributed by atoms with E-state index >= 15 is 0 Å². The molecule has 0 amide bonds. The zero-order valence-electron chi connectivity index (χ0n) is 10.5. The summed E-state index contributed by atoms with van der Waals surface area (Å²) in [6.07, 6.45) is 5.05. The Kier molecular flexibility index (Phi) is 2.58. The number of hydrogen-bond acceptors (Lipinski definition) is 2. The first kappa shape index (κ1) is 11.8. The zero-order chi connectivity index (χ0) is 13.6. The number of pyridine rings is 1. The Morgan fingerprint density at radius 3 is 2.68 bits per heavy atom. The Morgan fingerprint density at radius 2 is 2.00 bits per heavy atom. The topological polar surface area (TPSA) is 35.6 Å². The standard InChI is InChI=1S/C13H12F2N4/c1-8-11(7-17-19(8)13(14)15)9-3-5-16-12-10(9)4-6-18(12)2/h3-7,13H,1-2H3. The molecule has 0 aliphatic heterocycles. The van der Waals surface area contributed by atoms with Crippen LogP contribution in [0.4, 0.5) is 8.78 Å². The number of nitrogens with zero attached hydrogens (tertiary/aromatic N) is 4. The van der Waals surface area contributed by atoms with Crippen LogP contribution in [0.3, 0.4) is 0 Å². The Labute approximate surface area is 108 Å². The van der Waals surface area contributed by atoms with Crippen molar-refractivity contribution in [3.8, 4) is 11.1 Å². The molecule has 6 heteroatoms. The summed E-state index contributed by atoms with van der Waals surface area (Å²) in [5, 5.41) is 4.68. The molecule has 0 unspecified atom stereocenters. The molecule has 0 spiro atoms. The van der Waals surface area contributed by atoms with Gasteiger partial charge in [-0.25, -0.2) is 9.67 Å². The van der Waals surface area contributed by atoms with Crippen molar-refractivity contribution in [2.45, 2.75) is 13.5 Å². The predicted molar refractivity (Wildman–Crippen MR) is 67.9 cm³/mol. The van der Waals surface area contributed by atoms with Crippen LogP contribution in [-0.4, -0.2) is 19.3 Å². The second-order valence-corrected chi connectivity index (χ2v) is 4.39. The van der Waals surface area contributed by atoms with Crippen LogP contribution < -0.4 is 0 Å². The predicted octanol–water partition coefficient (Wildman–Crippen LogP) is 3.14. The van der Waals surface area contributed by atoms with Gasteiger partial charge in [0.2, 0.25) is 0 Å². The Hall–Kier alpha value is -2.24. The van der Waals surface area contributed by atoms with Crippen molar-refractivity contribution in [2.75, 3.05) is 0 Å². The first-order valence-electron chi connectivity index (χ1n) is 5.82. The molecule has 19 heavy (non-hydrogen) atoms. The first-order chi connectivity index (χ1) is 9.09. The van der Waals surface area contributed by atoms with E-state index in [4.69, 9.17) is 0 Å². The summed E-state index contributed by atoms with van der Waals surface area (Å²) in [4.78, 5) is 4.29. The molecule has 0 aliphatic rings. The molecule has 0 fully saturated rings. The average Bonchev–Trinajstić information content (AvgIpc) is 2.94. The van der Waals surface area contributed by atoms with E-state index in [0.717, 1.165) is 21.3 Å². The molecule has 4 nitrogen and oxygen atoms in total. The fourth-order valence-electron chi connectivity index (χ4n) is 2.28. The normalized spacial score (nSPS) is 11.6. The molecule has 98 valence electrons. The maximum Gasteiger partial charge on any atom is 0.333 e. The number of aryl methyl sites for hydroxylation is 1. The molecule has 0 aliphatic carbocycles. The average molecular weight is 262 g/mol. The van der Waals surface area contributed by atoms with Crippen LogP contribution in [0.2, 0.25) is 0 Å². The molecule has 3 rings (SSSR count). The van der Waals surface area contributed by atoms with Gasteiger partial charge in [0.05, 0.1) is 6.20 Å². The Balaban J connectivity index is 2.25. The van der Waals surface area contributed by atoms with E-state index in [9.17, 15) is 8.78 Å². The van der Waals surface area contributed by atoms with E-state index in [0.29, 0.717) is 11.3 Å². The van der Waals surface area contributed by atoms with Crippen LogP contribution in [0.5, 0.6) is 0 Å². The van der Waals surface area contributed by atoms with Crippen LogP contribution in [0.25, 0.3) is 22.2 Å². The fourth-order valence-corrected chi connectivity index (χ4v) is 2.28. The summed E-state index contributed by atoms with van der Waals surface area (Å²) in [7, 11) is 1.90. The van der Waals surface area contributed by atoms with E-state index in [1.807, 2.05) is 29.9 Å². The molecular formula is C13H12F2N4. The lowest BCUT2D eigenvalue weighted by Gasteiger charge is -2.05. The quantitative estimate of drug-likeness (QED) is 0.711. The minimum Gasteiger partial charge on any atom is -0.336 e. The van der Waals surface area contributed by atoms with Crippen LogP contribution in [0.15, 0.2) is 30.7 Å². The summed E-state index contributed by atoms with van der Waals surface area (Å²) in [6.45, 7) is -0.981. The highest BCUT2D eigenvalue weighted by atomic mass is 19.3. The van der Waals surface area contributed by atoms with Gasteiger partial charge in [0.25, 0.3) is 0 Å². The van der Waals surface area contributed by atoms with Crippen molar-refractivity contribution in [1.29, 1.82) is 0 Å². The number of fused-ring (bicyclic) bond motifs is 1. The van der Waals surface area contributed by atoms with Crippen molar-refractivity contribution >= 4 is 11.0 Å². The van der Waals surface area contributed by atoms with Crippen molar-refractivity contribution in [3.63, 3.8) is 0 Å². The summed E-state index contributed by atoms with van der Waals surface area (Å²) >= 11 is 0. The molecule has 3 heterocycles. The molecule has 0 atom stereocenters. The van der Waals surface area contributed by atoms with Gasteiger partial charge in [-0.15, -0.1) is 0 Å². The SMILES string of the molecule is Cc1c(-c2ccnc3c2ccn3C)cnn1C(F)F. The van der Waals surface area contributed by atoms with Crippen LogP contribution in [-0.2, 0) is 7.05 Å². The summed E-state index contributed by atoms with van der Waals surface area (Å²) in [5.74, 6) is 0. The molecule has 3 aromatic rings. The number of rotatable bonds is 2. The third kappa shape index (κ3) is 1.71. The van der Waals surface area contributed by atoms with Crippen LogP contribution >= 0.6 is 0 Å². The number of alkyl halides is 2. The van der Waals surface area contributed by atoms with Crippen LogP contribution in [0.1, 0.15) is 12.2 Å². The van der Waals surface area contributed by atoms with Crippen molar-refractivity contribution in [2.24, 2.45) is 7.05 Å². The highest BCUT2D eigenvalue weighted by Gasteiger charge is 2.16. The molecule has 0 radical (unpaired) electrons. The molecule has 0 N–H and O–H groups in total. The van der Waals surface area contributed by atoms with E-state index in [2.05, 4.69) is 10.1 Å². The monoisotopic (exact) mass is 262 g/mol. The van der Waals surface area contributed by atoms with Gasteiger partial charge < -0.3 is 4.57 Å². The Bertz CT molecular complexity index is 742. The van der Waals surface area contributed by atoms with Gasteiger partial charge in [0.1, 0.15) is 5.65 Å². The highest BCUT2D eigenvalue weighted by molar-refractivity contribution is 5.93. The van der Waals surface area contributed by atoms with Gasteiger partial charge in [-0.2, -0.15) is 13.9 Å². The summed E-state index contributed by atoms with van der Waals surface area (Å²) in [6, 6.07) is 3.75. The lowest BCUT2D eigenvalue weighted by Crippen LogP contribution is -2.02. The van der Waals surface area contributed by atoms with Gasteiger partial charge in [0.15, 0.2) is 0 Å². The van der Waals surface area contributed by atoms with E-state index < -0.39 is 6.55 Å². The van der Waals surface area contributed by atoms with Crippen LogP contribution in [0, 0.1) is 6.92 Å². The number of aromatic nitrogens is 4. The molecule has 3 aromatic heterocycles. The minimum absolute atomic E-state index is 0.450. The molecule has 0 aromatic carbocycles. The number of halogens is 2. The molecule has 0 saturated carbocycles. The Morgan fingerprint density at radius 1 is 1.21 bits per heavy atom. The smallest absolute Gasteiger partial charge is 0.333 e. The van der Waals surface area contributed by atoms with Crippen molar-refractivity contribution < 1.29 is 8.78 Å². The second kappa shape index (κ2) is 4.15. The lowest BCUT2D eigenvalue weighted by atomic mass is 10.1. The van der Waals surface area contributed by atoms with E-state index in [1.54, 1.807) is 13.1 Å². The first-order valence-corrected chi connectivity index (χ1v) is 5.82. The van der Waals surface area contributed by atoms with E-state index in [1.165, 1.54) is 6.20 Å². The minimum atomic E-state index is -2.62. The third-order valence-electron chi connectivity index (χ3n) is 3.29. The second-order valence-electron chi connectivity index (χ2n) is 4.39. The molecule has 0 saturated heterocycles. The van der Waals surface area contributed by atoms with Gasteiger partial charge in [-0.1, -0.05) is 0 Å². The molecule has 0 bridgehead atoms. The van der Waals surface area contributed by atoms with Gasteiger partial charge in [-0.3, -0.25) is 0 Å². The van der Waals surface area contributed by atoms with Gasteiger partial charge in [-0.05, 0) is 24.6 Å². The highest BCUT2D eigenvalue weighted by Crippen LogP contribution is 2.31. The van der Waals surface area contributed by atoms with E-state index in [-0.39, 0.29) is 0 Å². The largest absolute Gasteiger partial charge is 0.336 e. The third-order valence-corrected chi connectivity index (χ3v) is 3.29. The summed E-state index contributed by atoms with van der Waals surface area (Å²) in [5.41, 5.74) is 2.85. The maximum absolute atomic E-state index is 12.8. The van der Waals surface area contributed by atoms with Gasteiger partial charge >= 0.3 is 6.55 Å². The van der Waals surface area contributed by atoms with Crippen molar-refractivity contribution in [3.05, 3.63) is 36.4 Å². The lowest BCUT2D eigenvalue weighted by molar-refractivity contribution is 0.0545. The zero-order valence-corrected chi connectivity index (χ0v) is 10.5. The van der Waals surface area contributed by atoms with Gasteiger partial charge in [0, 0.05) is 36.1 Å². The fraction of sp³-hybridized carbons (Fsp3) is 0.231. The summed E-state index contributed by atoms with van der Waals surface area (Å²) < 4.78 is 28.1. The van der Waals surface area contributed by atoms with Crippen molar-refractivity contribution in [1.82, 2.24) is 19.3 Å². The molecular weight excluding hydrogens is 250 g/mol. The maximum atomic E-state index is 12.8. The number of hydrogen-bond donors (Lipinski definition) is 0.